The number of carbonyl (C=O) groups excluding carboxylic acids is 3. The molecule has 2 amide bonds. The van der Waals surface area contributed by atoms with Gasteiger partial charge in [-0.05, 0) is 54.0 Å². The fraction of sp³-hybridized carbons (Fsp3) is 0.233. The van der Waals surface area contributed by atoms with Crippen molar-refractivity contribution in [2.45, 2.75) is 48.7 Å². The SMILES string of the molecule is C[n+]1cc2scc(C=CC3=C(C(=O)[O-])N4C(=O)[C@@H](NC(=O)/C(=N\OC5CCCC5)c5nsc(NC(c6ccccc6)(c6ccccc6)c6ccccc6)n5)[C@H]4SC3)n2c1. The minimum Gasteiger partial charge on any atom is -0.543 e. The van der Waals surface area contributed by atoms with E-state index in [1.54, 1.807) is 17.4 Å². The van der Waals surface area contributed by atoms with E-state index in [9.17, 15) is 19.5 Å². The number of oxime groups is 1. The Bertz CT molecular complexity index is 2520. The molecule has 13 nitrogen and oxygen atoms in total. The molecule has 3 aromatic heterocycles. The summed E-state index contributed by atoms with van der Waals surface area (Å²) in [6.07, 6.45) is 10.9. The van der Waals surface area contributed by atoms with Crippen LogP contribution in [0.2, 0.25) is 0 Å². The Labute approximate surface area is 351 Å². The number of allylic oxidation sites excluding steroid dienone is 1. The van der Waals surface area contributed by atoms with Crippen molar-refractivity contribution in [2.24, 2.45) is 12.2 Å². The molecule has 298 valence electrons. The second-order valence-electron chi connectivity index (χ2n) is 14.5. The molecule has 5 heterocycles. The van der Waals surface area contributed by atoms with Crippen LogP contribution in [0, 0.1) is 0 Å². The van der Waals surface area contributed by atoms with Crippen LogP contribution in [0.15, 0.2) is 131 Å². The van der Waals surface area contributed by atoms with Gasteiger partial charge in [-0.25, -0.2) is 4.57 Å². The topological polar surface area (TPSA) is 157 Å². The molecule has 1 aliphatic carbocycles. The minimum atomic E-state index is -1.47. The van der Waals surface area contributed by atoms with Crippen molar-refractivity contribution in [3.8, 4) is 0 Å². The lowest BCUT2D eigenvalue weighted by Gasteiger charge is -2.50. The fourth-order valence-corrected chi connectivity index (χ4v) is 10.7. The van der Waals surface area contributed by atoms with E-state index >= 15 is 0 Å². The van der Waals surface area contributed by atoms with Gasteiger partial charge in [0.2, 0.25) is 27.8 Å². The number of nitrogens with zero attached hydrogens (tertiary/aromatic N) is 6. The number of imidazole rings is 1. The number of aromatic nitrogens is 4. The van der Waals surface area contributed by atoms with E-state index in [1.807, 2.05) is 94.6 Å². The van der Waals surface area contributed by atoms with Crippen molar-refractivity contribution in [3.63, 3.8) is 0 Å². The molecule has 0 radical (unpaired) electrons. The van der Waals surface area contributed by atoms with Crippen molar-refractivity contribution in [1.29, 1.82) is 0 Å². The van der Waals surface area contributed by atoms with Crippen molar-refractivity contribution in [3.05, 3.63) is 154 Å². The Hall–Kier alpha value is -6.10. The molecule has 2 atom stereocenters. The minimum absolute atomic E-state index is 0.0255. The molecule has 2 fully saturated rings. The average Bonchev–Trinajstić information content (AvgIpc) is 4.09. The maximum atomic E-state index is 14.2. The largest absolute Gasteiger partial charge is 0.543 e. The molecular formula is C43H38N8O5S3. The third kappa shape index (κ3) is 7.32. The maximum absolute atomic E-state index is 14.2. The number of fused-ring (bicyclic) bond motifs is 2. The predicted molar refractivity (Wildman–Crippen MR) is 225 cm³/mol. The number of amides is 2. The third-order valence-corrected chi connectivity index (χ3v) is 13.6. The van der Waals surface area contributed by atoms with Gasteiger partial charge in [-0.15, -0.1) is 11.8 Å². The first-order valence-corrected chi connectivity index (χ1v) is 21.9. The highest BCUT2D eigenvalue weighted by atomic mass is 32.2. The van der Waals surface area contributed by atoms with Crippen LogP contribution in [0.1, 0.15) is 53.9 Å². The highest BCUT2D eigenvalue weighted by molar-refractivity contribution is 8.00. The molecule has 59 heavy (non-hydrogen) atoms. The Balaban J connectivity index is 0.997. The van der Waals surface area contributed by atoms with E-state index in [1.165, 1.54) is 16.7 Å². The van der Waals surface area contributed by atoms with Crippen molar-refractivity contribution >= 4 is 74.2 Å². The average molecular weight is 843 g/mol. The van der Waals surface area contributed by atoms with Crippen LogP contribution < -0.4 is 20.3 Å². The second kappa shape index (κ2) is 16.3. The summed E-state index contributed by atoms with van der Waals surface area (Å²) in [6, 6.07) is 29.1. The van der Waals surface area contributed by atoms with Crippen molar-refractivity contribution in [2.75, 3.05) is 11.1 Å². The molecule has 6 aromatic rings. The first-order valence-electron chi connectivity index (χ1n) is 19.2. The Morgan fingerprint density at radius 3 is 2.24 bits per heavy atom. The molecule has 0 spiro atoms. The summed E-state index contributed by atoms with van der Waals surface area (Å²) in [6.45, 7) is 0. The number of hydrogen-bond acceptors (Lipinski definition) is 12. The lowest BCUT2D eigenvalue weighted by atomic mass is 9.77. The summed E-state index contributed by atoms with van der Waals surface area (Å²) in [4.78, 5) is 53.4. The van der Waals surface area contributed by atoms with E-state index in [2.05, 4.69) is 56.6 Å². The molecule has 2 aliphatic heterocycles. The number of benzene rings is 3. The molecule has 3 aromatic carbocycles. The molecule has 9 rings (SSSR count). The number of nitrogens with one attached hydrogen (secondary N) is 2. The lowest BCUT2D eigenvalue weighted by molar-refractivity contribution is -0.669. The van der Waals surface area contributed by atoms with Crippen LogP contribution >= 0.6 is 34.6 Å². The molecule has 16 heteroatoms. The number of anilines is 1. The van der Waals surface area contributed by atoms with Gasteiger partial charge in [0, 0.05) is 22.7 Å². The van der Waals surface area contributed by atoms with Gasteiger partial charge < -0.3 is 25.4 Å². The molecule has 1 saturated heterocycles. The quantitative estimate of drug-likeness (QED) is 0.0545. The standard InChI is InChI=1S/C43H38N8O5S3/c1-49-23-33-50(26-49)31(25-57-33)22-21-27-24-58-40-35(39(53)51(40)36(27)41(54)55)44-38(52)34(47-56-32-19-11-12-20-32)37-45-42(59-48-37)46-43(28-13-5-2-6-14-28,29-15-7-3-8-16-29)30-17-9-4-10-18-30/h2-10,13-18,21-23,25-26,32,35,40H,11-12,19-20,24H2,1H3,(H2-,44,45,46,48,52,54,55)/b22-21?,47-34-/t35-,40-/m1/s1. The summed E-state index contributed by atoms with van der Waals surface area (Å²) in [5.74, 6) is -2.44. The predicted octanol–water partition coefficient (Wildman–Crippen LogP) is 4.86. The number of carbonyl (C=O) groups is 3. The number of aliphatic carboxylic acids is 1. The molecule has 3 aliphatic rings. The fourth-order valence-electron chi connectivity index (χ4n) is 7.86. The second-order valence-corrected chi connectivity index (χ2v) is 17.2. The summed E-state index contributed by atoms with van der Waals surface area (Å²) in [5.41, 5.74) is 2.92. The number of thiazole rings is 1. The zero-order chi connectivity index (χ0) is 40.5. The van der Waals surface area contributed by atoms with Crippen molar-refractivity contribution < 1.29 is 28.9 Å². The number of thioether (sulfide) groups is 1. The van der Waals surface area contributed by atoms with E-state index in [-0.39, 0.29) is 29.1 Å². The van der Waals surface area contributed by atoms with E-state index < -0.39 is 34.7 Å². The highest BCUT2D eigenvalue weighted by Crippen LogP contribution is 2.42. The van der Waals surface area contributed by atoms with Gasteiger partial charge in [0.1, 0.15) is 34.9 Å². The van der Waals surface area contributed by atoms with Gasteiger partial charge in [0.25, 0.3) is 11.8 Å². The van der Waals surface area contributed by atoms with Crippen LogP contribution in [0.5, 0.6) is 0 Å². The number of aryl methyl sites for hydroxylation is 1. The summed E-state index contributed by atoms with van der Waals surface area (Å²) >= 11 is 4.00. The smallest absolute Gasteiger partial charge is 0.278 e. The summed E-state index contributed by atoms with van der Waals surface area (Å²) < 4.78 is 8.54. The van der Waals surface area contributed by atoms with Gasteiger partial charge in [-0.1, -0.05) is 114 Å². The normalized spacial score (nSPS) is 18.6. The first kappa shape index (κ1) is 38.4. The first-order chi connectivity index (χ1) is 28.8. The van der Waals surface area contributed by atoms with Gasteiger partial charge in [-0.2, -0.15) is 13.8 Å². The molecule has 1 saturated carbocycles. The van der Waals surface area contributed by atoms with Crippen LogP contribution in [0.25, 0.3) is 10.9 Å². The van der Waals surface area contributed by atoms with E-state index in [0.717, 1.165) is 64.4 Å². The molecule has 2 N–H and O–H groups in total. The molecular weight excluding hydrogens is 805 g/mol. The Kier molecular flexibility index (Phi) is 10.6. The zero-order valence-corrected chi connectivity index (χ0v) is 34.2. The number of carboxylic acid groups (broad SMARTS) is 1. The van der Waals surface area contributed by atoms with E-state index in [4.69, 9.17) is 9.82 Å². The highest BCUT2D eigenvalue weighted by Gasteiger charge is 2.53. The number of rotatable bonds is 13. The van der Waals surface area contributed by atoms with Crippen LogP contribution in [0.4, 0.5) is 5.13 Å². The Morgan fingerprint density at radius 1 is 0.966 bits per heavy atom. The zero-order valence-electron chi connectivity index (χ0n) is 31.8. The third-order valence-electron chi connectivity index (χ3n) is 10.7. The Morgan fingerprint density at radius 2 is 1.61 bits per heavy atom. The lowest BCUT2D eigenvalue weighted by Crippen LogP contribution is -2.71. The monoisotopic (exact) mass is 842 g/mol. The van der Waals surface area contributed by atoms with Gasteiger partial charge >= 0.3 is 0 Å². The molecule has 0 unspecified atom stereocenters. The number of hydrogen-bond donors (Lipinski definition) is 2. The van der Waals surface area contributed by atoms with Crippen molar-refractivity contribution in [1.82, 2.24) is 24.0 Å². The van der Waals surface area contributed by atoms with Crippen LogP contribution in [-0.4, -0.2) is 65.4 Å². The summed E-state index contributed by atoms with van der Waals surface area (Å²) in [7, 11) is 1.93. The van der Waals surface area contributed by atoms with Crippen LogP contribution in [0.3, 0.4) is 0 Å². The molecule has 0 bridgehead atoms. The summed E-state index contributed by atoms with van der Waals surface area (Å²) in [5, 5.41) is 25.1. The van der Waals surface area contributed by atoms with Gasteiger partial charge in [0.05, 0.1) is 18.7 Å². The van der Waals surface area contributed by atoms with Crippen LogP contribution in [-0.2, 0) is 31.8 Å². The maximum Gasteiger partial charge on any atom is 0.278 e. The van der Waals surface area contributed by atoms with Gasteiger partial charge in [-0.3, -0.25) is 14.5 Å². The van der Waals surface area contributed by atoms with E-state index in [0.29, 0.717) is 10.7 Å². The number of β-lactam (4-membered cyclic amide) rings is 1. The number of carboxylic acids is 1. The van der Waals surface area contributed by atoms with Gasteiger partial charge in [0.15, 0.2) is 0 Å².